The molecule has 0 saturated carbocycles. The van der Waals surface area contributed by atoms with Crippen LogP contribution in [0.25, 0.3) is 11.4 Å². The number of nitrogens with one attached hydrogen (secondary N) is 2. The number of carbonyl (C=O) groups excluding carboxylic acids is 2. The number of halogens is 1. The van der Waals surface area contributed by atoms with Crippen molar-refractivity contribution in [1.29, 1.82) is 5.26 Å². The van der Waals surface area contributed by atoms with Gasteiger partial charge in [-0.3, -0.25) is 9.59 Å². The average Bonchev–Trinajstić information content (AvgIpc) is 2.97. The summed E-state index contributed by atoms with van der Waals surface area (Å²) in [5, 5.41) is 14.7. The minimum atomic E-state index is -0.775. The van der Waals surface area contributed by atoms with Crippen LogP contribution in [-0.2, 0) is 17.9 Å². The minimum absolute atomic E-state index is 0.161. The number of hydrogen-bond acceptors (Lipinski definition) is 5. The molecule has 3 rings (SSSR count). The number of imidazole rings is 1. The van der Waals surface area contributed by atoms with Gasteiger partial charge in [0.05, 0.1) is 22.9 Å². The van der Waals surface area contributed by atoms with E-state index < -0.39 is 23.2 Å². The Morgan fingerprint density at radius 2 is 2.00 bits per heavy atom. The summed E-state index contributed by atoms with van der Waals surface area (Å²) in [6.07, 6.45) is 0.802. The number of hydrogen-bond donors (Lipinski definition) is 2. The van der Waals surface area contributed by atoms with Crippen molar-refractivity contribution in [2.24, 2.45) is 5.41 Å². The number of nitrogens with zero attached hydrogens (tertiary/aromatic N) is 4. The molecule has 9 heteroatoms. The summed E-state index contributed by atoms with van der Waals surface area (Å²) in [5.41, 5.74) is 0.771. The van der Waals surface area contributed by atoms with Crippen molar-refractivity contribution in [3.05, 3.63) is 41.0 Å². The van der Waals surface area contributed by atoms with Crippen molar-refractivity contribution < 1.29 is 14.0 Å². The van der Waals surface area contributed by atoms with Crippen LogP contribution in [0.5, 0.6) is 0 Å². The van der Waals surface area contributed by atoms with Gasteiger partial charge < -0.3 is 20.1 Å². The van der Waals surface area contributed by atoms with Gasteiger partial charge in [-0.1, -0.05) is 20.8 Å². The van der Waals surface area contributed by atoms with Gasteiger partial charge in [0.25, 0.3) is 5.91 Å². The molecule has 1 aliphatic rings. The molecule has 32 heavy (non-hydrogen) atoms. The van der Waals surface area contributed by atoms with Gasteiger partial charge >= 0.3 is 0 Å². The molecule has 0 bridgehead atoms. The van der Waals surface area contributed by atoms with Crippen molar-refractivity contribution in [3.63, 3.8) is 0 Å². The highest BCUT2D eigenvalue weighted by atomic mass is 19.1. The van der Waals surface area contributed by atoms with Gasteiger partial charge in [-0.05, 0) is 43.6 Å². The lowest BCUT2D eigenvalue weighted by atomic mass is 9.86. The average molecular weight is 441 g/mol. The Labute approximate surface area is 187 Å². The summed E-state index contributed by atoms with van der Waals surface area (Å²) in [7, 11) is 3.47. The van der Waals surface area contributed by atoms with E-state index in [0.29, 0.717) is 30.2 Å². The molecule has 0 saturated heterocycles. The summed E-state index contributed by atoms with van der Waals surface area (Å²) in [6, 6.07) is 5.33. The van der Waals surface area contributed by atoms with Crippen LogP contribution in [0.15, 0.2) is 18.2 Å². The maximum atomic E-state index is 14.7. The standard InChI is InChI=1S/C23H29FN6O2/c1-23(2,3)19(22(32)26-4)28-21(31)18-17-13-29(5)9-6-10-30(17)20(27-18)15-11-14(12-25)7-8-16(15)24/h7-8,11,19H,6,9-10,13H2,1-5H3,(H,26,32)(H,28,31). The number of nitriles is 1. The molecule has 0 fully saturated rings. The first kappa shape index (κ1) is 23.4. The third-order valence-corrected chi connectivity index (χ3v) is 5.62. The molecule has 2 aromatic rings. The van der Waals surface area contributed by atoms with Gasteiger partial charge in [-0.2, -0.15) is 5.26 Å². The Morgan fingerprint density at radius 3 is 2.62 bits per heavy atom. The topological polar surface area (TPSA) is 103 Å². The maximum absolute atomic E-state index is 14.7. The van der Waals surface area contributed by atoms with E-state index >= 15 is 0 Å². The van der Waals surface area contributed by atoms with Crippen LogP contribution < -0.4 is 10.6 Å². The Hall–Kier alpha value is -3.25. The number of rotatable bonds is 4. The van der Waals surface area contributed by atoms with Gasteiger partial charge in [-0.25, -0.2) is 9.37 Å². The fourth-order valence-electron chi connectivity index (χ4n) is 3.89. The first-order chi connectivity index (χ1) is 15.1. The number of amides is 2. The molecule has 1 unspecified atom stereocenters. The number of benzene rings is 1. The van der Waals surface area contributed by atoms with Crippen molar-refractivity contribution in [2.75, 3.05) is 20.6 Å². The SMILES string of the molecule is CNC(=O)C(NC(=O)c1nc(-c2cc(C#N)ccc2F)n2c1CN(C)CCC2)C(C)(C)C. The van der Waals surface area contributed by atoms with Crippen LogP contribution in [0.4, 0.5) is 4.39 Å². The molecular weight excluding hydrogens is 411 g/mol. The summed E-state index contributed by atoms with van der Waals surface area (Å²) < 4.78 is 16.6. The lowest BCUT2D eigenvalue weighted by molar-refractivity contribution is -0.124. The predicted molar refractivity (Wildman–Crippen MR) is 118 cm³/mol. The molecule has 8 nitrogen and oxygen atoms in total. The largest absolute Gasteiger partial charge is 0.357 e. The van der Waals surface area contributed by atoms with E-state index in [0.717, 1.165) is 13.0 Å². The highest BCUT2D eigenvalue weighted by molar-refractivity contribution is 5.97. The van der Waals surface area contributed by atoms with Gasteiger partial charge in [0.1, 0.15) is 17.7 Å². The van der Waals surface area contributed by atoms with Crippen molar-refractivity contribution >= 4 is 11.8 Å². The molecule has 0 aliphatic carbocycles. The monoisotopic (exact) mass is 440 g/mol. The molecule has 2 heterocycles. The first-order valence-electron chi connectivity index (χ1n) is 10.6. The van der Waals surface area contributed by atoms with Crippen molar-refractivity contribution in [2.45, 2.75) is 46.3 Å². The van der Waals surface area contributed by atoms with Gasteiger partial charge in [0, 0.05) is 20.1 Å². The molecule has 0 spiro atoms. The molecule has 1 aliphatic heterocycles. The predicted octanol–water partition coefficient (Wildman–Crippen LogP) is 2.29. The Morgan fingerprint density at radius 1 is 1.28 bits per heavy atom. The molecule has 2 N–H and O–H groups in total. The normalized spacial score (nSPS) is 15.3. The van der Waals surface area contributed by atoms with E-state index in [1.807, 2.05) is 38.5 Å². The second kappa shape index (κ2) is 9.09. The number of carbonyl (C=O) groups is 2. The molecule has 0 radical (unpaired) electrons. The third kappa shape index (κ3) is 4.65. The highest BCUT2D eigenvalue weighted by Crippen LogP contribution is 2.29. The summed E-state index contributed by atoms with van der Waals surface area (Å²) >= 11 is 0. The number of aromatic nitrogens is 2. The third-order valence-electron chi connectivity index (χ3n) is 5.62. The smallest absolute Gasteiger partial charge is 0.272 e. The maximum Gasteiger partial charge on any atom is 0.272 e. The fraction of sp³-hybridized carbons (Fsp3) is 0.478. The van der Waals surface area contributed by atoms with Crippen LogP contribution in [0.1, 0.15) is 48.9 Å². The van der Waals surface area contributed by atoms with Crippen LogP contribution in [0.3, 0.4) is 0 Å². The van der Waals surface area contributed by atoms with Gasteiger partial charge in [0.2, 0.25) is 5.91 Å². The summed E-state index contributed by atoms with van der Waals surface area (Å²) in [4.78, 5) is 32.4. The zero-order valence-electron chi connectivity index (χ0n) is 19.1. The van der Waals surface area contributed by atoms with Crippen LogP contribution >= 0.6 is 0 Å². The van der Waals surface area contributed by atoms with E-state index in [9.17, 15) is 19.2 Å². The fourth-order valence-corrected chi connectivity index (χ4v) is 3.89. The molecule has 1 atom stereocenters. The summed E-state index contributed by atoms with van der Waals surface area (Å²) in [5.74, 6) is -1.00. The quantitative estimate of drug-likeness (QED) is 0.759. The van der Waals surface area contributed by atoms with E-state index in [1.54, 1.807) is 0 Å². The van der Waals surface area contributed by atoms with Gasteiger partial charge in [0.15, 0.2) is 5.69 Å². The Bertz CT molecular complexity index is 1080. The van der Waals surface area contributed by atoms with E-state index in [1.165, 1.54) is 25.2 Å². The molecular formula is C23H29FN6O2. The zero-order valence-corrected chi connectivity index (χ0v) is 19.1. The Balaban J connectivity index is 2.12. The molecule has 170 valence electrons. The second-order valence-electron chi connectivity index (χ2n) is 9.17. The van der Waals surface area contributed by atoms with E-state index in [-0.39, 0.29) is 17.2 Å². The molecule has 2 amide bonds. The highest BCUT2D eigenvalue weighted by Gasteiger charge is 2.35. The van der Waals surface area contributed by atoms with E-state index in [4.69, 9.17) is 0 Å². The minimum Gasteiger partial charge on any atom is -0.357 e. The van der Waals surface area contributed by atoms with Crippen molar-refractivity contribution in [3.8, 4) is 17.5 Å². The van der Waals surface area contributed by atoms with Gasteiger partial charge in [-0.15, -0.1) is 0 Å². The Kier molecular flexibility index (Phi) is 6.65. The molecule has 1 aromatic carbocycles. The second-order valence-corrected chi connectivity index (χ2v) is 9.17. The summed E-state index contributed by atoms with van der Waals surface area (Å²) in [6.45, 7) is 7.42. The zero-order chi connectivity index (χ0) is 23.6. The lowest BCUT2D eigenvalue weighted by Crippen LogP contribution is -2.53. The lowest BCUT2D eigenvalue weighted by Gasteiger charge is -2.29. The molecule has 1 aromatic heterocycles. The van der Waals surface area contributed by atoms with Crippen LogP contribution in [-0.4, -0.2) is 52.9 Å². The van der Waals surface area contributed by atoms with Crippen LogP contribution in [0.2, 0.25) is 0 Å². The van der Waals surface area contributed by atoms with E-state index in [2.05, 4.69) is 20.5 Å². The number of fused-ring (bicyclic) bond motifs is 1. The number of likely N-dealkylation sites (N-methyl/N-ethyl adjacent to an activating group) is 1. The first-order valence-corrected chi connectivity index (χ1v) is 10.6. The van der Waals surface area contributed by atoms with Crippen molar-refractivity contribution in [1.82, 2.24) is 25.1 Å². The van der Waals surface area contributed by atoms with Crippen LogP contribution in [0, 0.1) is 22.6 Å².